The standard InChI is InChI=1S/C12H19N3OS/c1-2-11-14-15-12(17-11)13-10(16)8-9-6-4-3-5-7-9/h9H,2-8H2,1H3,(H,13,15,16). The number of nitrogens with one attached hydrogen (secondary N) is 1. The molecule has 1 heterocycles. The minimum atomic E-state index is 0.0932. The molecule has 2 rings (SSSR count). The summed E-state index contributed by atoms with van der Waals surface area (Å²) in [6, 6.07) is 0. The minimum Gasteiger partial charge on any atom is -0.301 e. The van der Waals surface area contributed by atoms with Crippen molar-refractivity contribution in [2.45, 2.75) is 51.9 Å². The van der Waals surface area contributed by atoms with Crippen molar-refractivity contribution < 1.29 is 4.79 Å². The van der Waals surface area contributed by atoms with Crippen LogP contribution in [0.5, 0.6) is 0 Å². The summed E-state index contributed by atoms with van der Waals surface area (Å²) in [5.74, 6) is 0.665. The van der Waals surface area contributed by atoms with Crippen LogP contribution in [0.25, 0.3) is 0 Å². The fourth-order valence-electron chi connectivity index (χ4n) is 2.27. The number of carbonyl (C=O) groups excluding carboxylic acids is 1. The number of amides is 1. The molecule has 1 aliphatic carbocycles. The highest BCUT2D eigenvalue weighted by Gasteiger charge is 2.17. The molecule has 0 atom stereocenters. The van der Waals surface area contributed by atoms with Gasteiger partial charge >= 0.3 is 0 Å². The molecule has 5 heteroatoms. The number of anilines is 1. The summed E-state index contributed by atoms with van der Waals surface area (Å²) < 4.78 is 0. The summed E-state index contributed by atoms with van der Waals surface area (Å²) in [4.78, 5) is 11.8. The summed E-state index contributed by atoms with van der Waals surface area (Å²) in [5, 5.41) is 12.4. The van der Waals surface area contributed by atoms with Gasteiger partial charge in [0.05, 0.1) is 0 Å². The quantitative estimate of drug-likeness (QED) is 0.897. The van der Waals surface area contributed by atoms with Crippen LogP contribution < -0.4 is 5.32 Å². The first-order valence-electron chi connectivity index (χ1n) is 6.40. The predicted octanol–water partition coefficient (Wildman–Crippen LogP) is 3.01. The maximum atomic E-state index is 11.8. The Bertz CT molecular complexity index is 372. The van der Waals surface area contributed by atoms with Crippen molar-refractivity contribution in [3.05, 3.63) is 5.01 Å². The predicted molar refractivity (Wildman–Crippen MR) is 69.1 cm³/mol. The molecule has 1 fully saturated rings. The van der Waals surface area contributed by atoms with Crippen molar-refractivity contribution in [1.29, 1.82) is 0 Å². The van der Waals surface area contributed by atoms with E-state index in [1.54, 1.807) is 0 Å². The SMILES string of the molecule is CCc1nnc(NC(=O)CC2CCCCC2)s1. The van der Waals surface area contributed by atoms with Crippen LogP contribution in [-0.2, 0) is 11.2 Å². The maximum Gasteiger partial charge on any atom is 0.226 e. The first-order chi connectivity index (χ1) is 8.28. The summed E-state index contributed by atoms with van der Waals surface area (Å²) >= 11 is 1.47. The lowest BCUT2D eigenvalue weighted by Gasteiger charge is -2.20. The third-order valence-corrected chi connectivity index (χ3v) is 4.20. The van der Waals surface area contributed by atoms with E-state index in [0.29, 0.717) is 17.5 Å². The van der Waals surface area contributed by atoms with E-state index in [9.17, 15) is 4.79 Å². The molecule has 0 radical (unpaired) electrons. The van der Waals surface area contributed by atoms with Gasteiger partial charge in [-0.15, -0.1) is 10.2 Å². The van der Waals surface area contributed by atoms with Gasteiger partial charge in [0.2, 0.25) is 11.0 Å². The fraction of sp³-hybridized carbons (Fsp3) is 0.750. The second-order valence-corrected chi connectivity index (χ2v) is 5.67. The Morgan fingerprint density at radius 2 is 2.12 bits per heavy atom. The Morgan fingerprint density at radius 3 is 2.76 bits per heavy atom. The first-order valence-corrected chi connectivity index (χ1v) is 7.22. The van der Waals surface area contributed by atoms with Gasteiger partial charge in [0, 0.05) is 6.42 Å². The van der Waals surface area contributed by atoms with E-state index >= 15 is 0 Å². The highest BCUT2D eigenvalue weighted by atomic mass is 32.1. The smallest absolute Gasteiger partial charge is 0.226 e. The number of rotatable bonds is 4. The lowest BCUT2D eigenvalue weighted by Crippen LogP contribution is -2.18. The van der Waals surface area contributed by atoms with Crippen molar-refractivity contribution in [3.8, 4) is 0 Å². The summed E-state index contributed by atoms with van der Waals surface area (Å²) in [6.07, 6.45) is 7.78. The van der Waals surface area contributed by atoms with E-state index in [2.05, 4.69) is 15.5 Å². The summed E-state index contributed by atoms with van der Waals surface area (Å²) in [6.45, 7) is 2.04. The number of aryl methyl sites for hydroxylation is 1. The van der Waals surface area contributed by atoms with Crippen LogP contribution >= 0.6 is 11.3 Å². The highest BCUT2D eigenvalue weighted by molar-refractivity contribution is 7.15. The minimum absolute atomic E-state index is 0.0932. The molecule has 0 aliphatic heterocycles. The average Bonchev–Trinajstić information content (AvgIpc) is 2.78. The number of carbonyl (C=O) groups is 1. The molecule has 1 aromatic heterocycles. The van der Waals surface area contributed by atoms with Gasteiger partial charge in [-0.25, -0.2) is 0 Å². The zero-order chi connectivity index (χ0) is 12.1. The molecule has 0 saturated heterocycles. The molecule has 0 spiro atoms. The Labute approximate surface area is 106 Å². The van der Waals surface area contributed by atoms with Gasteiger partial charge in [-0.1, -0.05) is 37.5 Å². The molecular weight excluding hydrogens is 234 g/mol. The second-order valence-electron chi connectivity index (χ2n) is 4.61. The van der Waals surface area contributed by atoms with Crippen LogP contribution in [0.2, 0.25) is 0 Å². The number of nitrogens with zero attached hydrogens (tertiary/aromatic N) is 2. The molecule has 1 amide bonds. The van der Waals surface area contributed by atoms with Crippen LogP contribution in [0, 0.1) is 5.92 Å². The van der Waals surface area contributed by atoms with E-state index in [0.717, 1.165) is 11.4 Å². The topological polar surface area (TPSA) is 54.9 Å². The van der Waals surface area contributed by atoms with Crippen LogP contribution in [0.15, 0.2) is 0 Å². The van der Waals surface area contributed by atoms with Gasteiger partial charge in [0.1, 0.15) is 5.01 Å². The average molecular weight is 253 g/mol. The molecule has 1 aliphatic rings. The van der Waals surface area contributed by atoms with Gasteiger partial charge in [-0.2, -0.15) is 0 Å². The van der Waals surface area contributed by atoms with Crippen LogP contribution in [-0.4, -0.2) is 16.1 Å². The van der Waals surface area contributed by atoms with E-state index < -0.39 is 0 Å². The molecule has 4 nitrogen and oxygen atoms in total. The third kappa shape index (κ3) is 3.77. The summed E-state index contributed by atoms with van der Waals surface area (Å²) in [5.41, 5.74) is 0. The zero-order valence-corrected chi connectivity index (χ0v) is 11.1. The zero-order valence-electron chi connectivity index (χ0n) is 10.2. The van der Waals surface area contributed by atoms with Crippen LogP contribution in [0.4, 0.5) is 5.13 Å². The molecular formula is C12H19N3OS. The Morgan fingerprint density at radius 1 is 1.35 bits per heavy atom. The third-order valence-electron chi connectivity index (χ3n) is 3.21. The van der Waals surface area contributed by atoms with E-state index in [4.69, 9.17) is 0 Å². The van der Waals surface area contributed by atoms with Crippen LogP contribution in [0.3, 0.4) is 0 Å². The van der Waals surface area contributed by atoms with Crippen molar-refractivity contribution in [3.63, 3.8) is 0 Å². The van der Waals surface area contributed by atoms with Crippen molar-refractivity contribution >= 4 is 22.4 Å². The molecule has 94 valence electrons. The second kappa shape index (κ2) is 6.10. The number of hydrogen-bond acceptors (Lipinski definition) is 4. The Balaban J connectivity index is 1.79. The van der Waals surface area contributed by atoms with Gasteiger partial charge in [-0.3, -0.25) is 4.79 Å². The van der Waals surface area contributed by atoms with Gasteiger partial charge < -0.3 is 5.32 Å². The highest BCUT2D eigenvalue weighted by Crippen LogP contribution is 2.26. The van der Waals surface area contributed by atoms with Gasteiger partial charge in [-0.05, 0) is 25.2 Å². The number of aromatic nitrogens is 2. The monoisotopic (exact) mass is 253 g/mol. The van der Waals surface area contributed by atoms with E-state index in [1.807, 2.05) is 6.92 Å². The lowest BCUT2D eigenvalue weighted by molar-refractivity contribution is -0.117. The normalized spacial score (nSPS) is 17.0. The summed E-state index contributed by atoms with van der Waals surface area (Å²) in [7, 11) is 0. The van der Waals surface area contributed by atoms with Crippen molar-refractivity contribution in [1.82, 2.24) is 10.2 Å². The molecule has 0 aromatic carbocycles. The molecule has 1 saturated carbocycles. The Hall–Kier alpha value is -0.970. The molecule has 17 heavy (non-hydrogen) atoms. The van der Waals surface area contributed by atoms with Gasteiger partial charge in [0.25, 0.3) is 0 Å². The number of hydrogen-bond donors (Lipinski definition) is 1. The van der Waals surface area contributed by atoms with Gasteiger partial charge in [0.15, 0.2) is 0 Å². The Kier molecular flexibility index (Phi) is 4.48. The molecule has 1 aromatic rings. The maximum absolute atomic E-state index is 11.8. The fourth-order valence-corrected chi connectivity index (χ4v) is 2.97. The molecule has 1 N–H and O–H groups in total. The van der Waals surface area contributed by atoms with Crippen molar-refractivity contribution in [2.75, 3.05) is 5.32 Å². The molecule has 0 unspecified atom stereocenters. The van der Waals surface area contributed by atoms with E-state index in [1.165, 1.54) is 43.4 Å². The molecule has 0 bridgehead atoms. The largest absolute Gasteiger partial charge is 0.301 e. The van der Waals surface area contributed by atoms with Crippen LogP contribution in [0.1, 0.15) is 50.5 Å². The van der Waals surface area contributed by atoms with Crippen molar-refractivity contribution in [2.24, 2.45) is 5.92 Å². The first kappa shape index (κ1) is 12.5. The van der Waals surface area contributed by atoms with E-state index in [-0.39, 0.29) is 5.91 Å². The lowest BCUT2D eigenvalue weighted by atomic mass is 9.87.